The first-order valence-electron chi connectivity index (χ1n) is 7.17. The van der Waals surface area contributed by atoms with E-state index in [0.29, 0.717) is 17.7 Å². The minimum atomic E-state index is -0.162. The van der Waals surface area contributed by atoms with E-state index in [1.807, 2.05) is 6.92 Å². The summed E-state index contributed by atoms with van der Waals surface area (Å²) in [6, 6.07) is 3.93. The molecule has 1 amide bonds. The molecule has 0 saturated heterocycles. The number of hydrogen-bond acceptors (Lipinski definition) is 3. The largest absolute Gasteiger partial charge is 0.357 e. The van der Waals surface area contributed by atoms with Crippen molar-refractivity contribution in [3.8, 4) is 0 Å². The van der Waals surface area contributed by atoms with Gasteiger partial charge in [0.25, 0.3) is 0 Å². The van der Waals surface area contributed by atoms with Gasteiger partial charge in [-0.05, 0) is 31.9 Å². The summed E-state index contributed by atoms with van der Waals surface area (Å²) < 4.78 is 0. The maximum absolute atomic E-state index is 11.8. The molecular weight excluding hydrogens is 266 g/mol. The van der Waals surface area contributed by atoms with Gasteiger partial charge in [-0.3, -0.25) is 9.78 Å². The van der Waals surface area contributed by atoms with E-state index in [1.54, 1.807) is 24.5 Å². The molecule has 0 spiro atoms. The molecular formula is C15H21N5O. The minimum Gasteiger partial charge on any atom is -0.357 e. The van der Waals surface area contributed by atoms with Crippen LogP contribution in [0, 0.1) is 0 Å². The molecule has 0 saturated carbocycles. The molecule has 0 radical (unpaired) electrons. The number of amides is 1. The van der Waals surface area contributed by atoms with Gasteiger partial charge in [-0.2, -0.15) is 0 Å². The Morgan fingerprint density at radius 1 is 1.43 bits per heavy atom. The van der Waals surface area contributed by atoms with Gasteiger partial charge in [0, 0.05) is 18.8 Å². The SMILES string of the molecule is CCNC(=NCC(=O)Nc1cccnc1)NC1CC=CC1. The highest BCUT2D eigenvalue weighted by atomic mass is 16.1. The van der Waals surface area contributed by atoms with Crippen LogP contribution < -0.4 is 16.0 Å². The molecule has 0 aliphatic heterocycles. The van der Waals surface area contributed by atoms with Gasteiger partial charge >= 0.3 is 0 Å². The van der Waals surface area contributed by atoms with Gasteiger partial charge in [-0.1, -0.05) is 12.2 Å². The zero-order chi connectivity index (χ0) is 14.9. The smallest absolute Gasteiger partial charge is 0.246 e. The van der Waals surface area contributed by atoms with Crippen LogP contribution in [-0.2, 0) is 4.79 Å². The third kappa shape index (κ3) is 5.25. The van der Waals surface area contributed by atoms with Gasteiger partial charge < -0.3 is 16.0 Å². The molecule has 1 heterocycles. The topological polar surface area (TPSA) is 78.4 Å². The molecule has 112 valence electrons. The first kappa shape index (κ1) is 15.0. The van der Waals surface area contributed by atoms with E-state index in [1.165, 1.54) is 0 Å². The molecule has 6 heteroatoms. The van der Waals surface area contributed by atoms with Crippen LogP contribution in [0.15, 0.2) is 41.7 Å². The van der Waals surface area contributed by atoms with Gasteiger partial charge in [-0.25, -0.2) is 4.99 Å². The van der Waals surface area contributed by atoms with E-state index in [9.17, 15) is 4.79 Å². The van der Waals surface area contributed by atoms with Crippen molar-refractivity contribution in [2.75, 3.05) is 18.4 Å². The Hall–Kier alpha value is -2.37. The molecule has 0 atom stereocenters. The number of carbonyl (C=O) groups excluding carboxylic acids is 1. The van der Waals surface area contributed by atoms with E-state index in [-0.39, 0.29) is 12.5 Å². The van der Waals surface area contributed by atoms with Gasteiger partial charge in [-0.15, -0.1) is 0 Å². The quantitative estimate of drug-likeness (QED) is 0.433. The van der Waals surface area contributed by atoms with E-state index in [4.69, 9.17) is 0 Å². The minimum absolute atomic E-state index is 0.0738. The molecule has 1 aromatic rings. The Labute approximate surface area is 124 Å². The van der Waals surface area contributed by atoms with Crippen LogP contribution in [0.1, 0.15) is 19.8 Å². The number of carbonyl (C=O) groups is 1. The number of guanidine groups is 1. The zero-order valence-corrected chi connectivity index (χ0v) is 12.2. The van der Waals surface area contributed by atoms with Gasteiger partial charge in [0.1, 0.15) is 6.54 Å². The number of pyridine rings is 1. The maximum Gasteiger partial charge on any atom is 0.246 e. The third-order valence-electron chi connectivity index (χ3n) is 3.02. The fraction of sp³-hybridized carbons (Fsp3) is 0.400. The van der Waals surface area contributed by atoms with Crippen molar-refractivity contribution >= 4 is 17.6 Å². The standard InChI is InChI=1S/C15H21N5O/c1-2-17-15(20-12-6-3-4-7-12)18-11-14(21)19-13-8-5-9-16-10-13/h3-5,8-10,12H,2,6-7,11H2,1H3,(H,19,21)(H2,17,18,20). The highest BCUT2D eigenvalue weighted by Crippen LogP contribution is 2.08. The van der Waals surface area contributed by atoms with Crippen LogP contribution in [0.4, 0.5) is 5.69 Å². The Bertz CT molecular complexity index is 504. The van der Waals surface area contributed by atoms with Crippen molar-refractivity contribution in [3.05, 3.63) is 36.7 Å². The van der Waals surface area contributed by atoms with Crippen molar-refractivity contribution < 1.29 is 4.79 Å². The van der Waals surface area contributed by atoms with Crippen LogP contribution in [0.2, 0.25) is 0 Å². The Balaban J connectivity index is 1.84. The Morgan fingerprint density at radius 3 is 2.90 bits per heavy atom. The maximum atomic E-state index is 11.8. The number of nitrogens with zero attached hydrogens (tertiary/aromatic N) is 2. The summed E-state index contributed by atoms with van der Waals surface area (Å²) in [5.41, 5.74) is 0.677. The fourth-order valence-electron chi connectivity index (χ4n) is 2.04. The summed E-state index contributed by atoms with van der Waals surface area (Å²) in [6.07, 6.45) is 9.55. The van der Waals surface area contributed by atoms with Crippen LogP contribution in [0.25, 0.3) is 0 Å². The molecule has 0 bridgehead atoms. The second-order valence-electron chi connectivity index (χ2n) is 4.77. The van der Waals surface area contributed by atoms with Crippen molar-refractivity contribution in [3.63, 3.8) is 0 Å². The molecule has 21 heavy (non-hydrogen) atoms. The molecule has 3 N–H and O–H groups in total. The van der Waals surface area contributed by atoms with Crippen molar-refractivity contribution in [1.82, 2.24) is 15.6 Å². The van der Waals surface area contributed by atoms with Crippen molar-refractivity contribution in [2.24, 2.45) is 4.99 Å². The zero-order valence-electron chi connectivity index (χ0n) is 12.2. The number of aromatic nitrogens is 1. The van der Waals surface area contributed by atoms with Crippen molar-refractivity contribution in [2.45, 2.75) is 25.8 Å². The molecule has 2 rings (SSSR count). The number of rotatable bonds is 5. The van der Waals surface area contributed by atoms with E-state index in [0.717, 1.165) is 19.4 Å². The Morgan fingerprint density at radius 2 is 2.24 bits per heavy atom. The lowest BCUT2D eigenvalue weighted by atomic mass is 10.2. The first-order valence-corrected chi connectivity index (χ1v) is 7.17. The monoisotopic (exact) mass is 287 g/mol. The molecule has 1 aromatic heterocycles. The summed E-state index contributed by atoms with van der Waals surface area (Å²) in [5.74, 6) is 0.511. The molecule has 0 unspecified atom stereocenters. The first-order chi connectivity index (χ1) is 10.3. The number of nitrogens with one attached hydrogen (secondary N) is 3. The molecule has 0 fully saturated rings. The molecule has 6 nitrogen and oxygen atoms in total. The lowest BCUT2D eigenvalue weighted by Crippen LogP contribution is -2.42. The lowest BCUT2D eigenvalue weighted by molar-refractivity contribution is -0.114. The molecule has 0 aromatic carbocycles. The highest BCUT2D eigenvalue weighted by Gasteiger charge is 2.11. The lowest BCUT2D eigenvalue weighted by Gasteiger charge is -2.16. The number of aliphatic imine (C=N–C) groups is 1. The fourth-order valence-corrected chi connectivity index (χ4v) is 2.04. The third-order valence-corrected chi connectivity index (χ3v) is 3.02. The van der Waals surface area contributed by atoms with E-state index >= 15 is 0 Å². The second-order valence-corrected chi connectivity index (χ2v) is 4.77. The average molecular weight is 287 g/mol. The van der Waals surface area contributed by atoms with Gasteiger partial charge in [0.15, 0.2) is 5.96 Å². The van der Waals surface area contributed by atoms with Crippen LogP contribution in [0.5, 0.6) is 0 Å². The predicted molar refractivity (Wildman–Crippen MR) is 84.1 cm³/mol. The molecule has 1 aliphatic rings. The van der Waals surface area contributed by atoms with E-state index in [2.05, 4.69) is 38.1 Å². The number of hydrogen-bond donors (Lipinski definition) is 3. The second kappa shape index (κ2) is 8.04. The summed E-state index contributed by atoms with van der Waals surface area (Å²) in [7, 11) is 0. The summed E-state index contributed by atoms with van der Waals surface area (Å²) in [4.78, 5) is 20.1. The molecule has 1 aliphatic carbocycles. The number of anilines is 1. The summed E-state index contributed by atoms with van der Waals surface area (Å²) in [5, 5.41) is 9.22. The predicted octanol–water partition coefficient (Wildman–Crippen LogP) is 1.29. The van der Waals surface area contributed by atoms with E-state index < -0.39 is 0 Å². The average Bonchev–Trinajstić information content (AvgIpc) is 2.99. The van der Waals surface area contributed by atoms with Crippen LogP contribution in [0.3, 0.4) is 0 Å². The highest BCUT2D eigenvalue weighted by molar-refractivity contribution is 5.93. The van der Waals surface area contributed by atoms with Gasteiger partial charge in [0.2, 0.25) is 5.91 Å². The van der Waals surface area contributed by atoms with Crippen LogP contribution >= 0.6 is 0 Å². The normalized spacial score (nSPS) is 15.0. The summed E-state index contributed by atoms with van der Waals surface area (Å²) in [6.45, 7) is 2.83. The van der Waals surface area contributed by atoms with Gasteiger partial charge in [0.05, 0.1) is 11.9 Å². The summed E-state index contributed by atoms with van der Waals surface area (Å²) >= 11 is 0. The van der Waals surface area contributed by atoms with Crippen LogP contribution in [-0.4, -0.2) is 36.0 Å². The van der Waals surface area contributed by atoms with Crippen molar-refractivity contribution in [1.29, 1.82) is 0 Å². The Kier molecular flexibility index (Phi) is 5.75.